The normalized spacial score (nSPS) is 21.3. The molecule has 98 valence electrons. The Bertz CT molecular complexity index is 515. The summed E-state index contributed by atoms with van der Waals surface area (Å²) in [4.78, 5) is 0. The molecule has 0 spiro atoms. The number of nitrogens with one attached hydrogen (secondary N) is 1. The van der Waals surface area contributed by atoms with Crippen LogP contribution < -0.4 is 5.32 Å². The van der Waals surface area contributed by atoms with Crippen molar-refractivity contribution < 1.29 is 0 Å². The van der Waals surface area contributed by atoms with Crippen LogP contribution in [0.3, 0.4) is 0 Å². The lowest BCUT2D eigenvalue weighted by Gasteiger charge is -2.05. The van der Waals surface area contributed by atoms with Crippen LogP contribution in [0.1, 0.15) is 36.0 Å². The Balaban J connectivity index is 1.51. The molecule has 2 aromatic carbocycles. The zero-order valence-corrected chi connectivity index (χ0v) is 11.5. The zero-order chi connectivity index (χ0) is 13.1. The highest BCUT2D eigenvalue weighted by molar-refractivity contribution is 5.28. The Labute approximate surface area is 115 Å². The molecule has 1 fully saturated rings. The Hall–Kier alpha value is -1.60. The highest BCUT2D eigenvalue weighted by Crippen LogP contribution is 2.40. The maximum Gasteiger partial charge on any atom is 0.0208 e. The van der Waals surface area contributed by atoms with Crippen LogP contribution in [0.4, 0.5) is 0 Å². The van der Waals surface area contributed by atoms with Crippen LogP contribution in [0.2, 0.25) is 0 Å². The van der Waals surface area contributed by atoms with Gasteiger partial charge in [-0.25, -0.2) is 0 Å². The second-order valence-electron chi connectivity index (χ2n) is 5.41. The molecule has 0 saturated heterocycles. The summed E-state index contributed by atoms with van der Waals surface area (Å²) in [5.74, 6) is 0.719. The van der Waals surface area contributed by atoms with E-state index in [2.05, 4.69) is 66.8 Å². The first-order valence-electron chi connectivity index (χ1n) is 7.23. The fourth-order valence-electron chi connectivity index (χ4n) is 2.63. The van der Waals surface area contributed by atoms with Crippen molar-refractivity contribution >= 4 is 0 Å². The van der Waals surface area contributed by atoms with Crippen LogP contribution >= 0.6 is 0 Å². The Morgan fingerprint density at radius 3 is 2.32 bits per heavy atom. The van der Waals surface area contributed by atoms with Gasteiger partial charge in [0, 0.05) is 18.5 Å². The predicted molar refractivity (Wildman–Crippen MR) is 80.2 cm³/mol. The summed E-state index contributed by atoms with van der Waals surface area (Å²) in [6.07, 6.45) is 2.39. The van der Waals surface area contributed by atoms with Crippen LogP contribution in [0.15, 0.2) is 54.6 Å². The van der Waals surface area contributed by atoms with Crippen LogP contribution in [0.5, 0.6) is 0 Å². The van der Waals surface area contributed by atoms with Crippen LogP contribution in [0.25, 0.3) is 0 Å². The van der Waals surface area contributed by atoms with Crippen LogP contribution in [-0.2, 0) is 13.0 Å². The smallest absolute Gasteiger partial charge is 0.0208 e. The Morgan fingerprint density at radius 2 is 1.63 bits per heavy atom. The van der Waals surface area contributed by atoms with Gasteiger partial charge in [0.1, 0.15) is 0 Å². The fraction of sp³-hybridized carbons (Fsp3) is 0.333. The zero-order valence-electron chi connectivity index (χ0n) is 11.5. The van der Waals surface area contributed by atoms with Crippen LogP contribution in [-0.4, -0.2) is 6.04 Å². The van der Waals surface area contributed by atoms with E-state index in [-0.39, 0.29) is 0 Å². The minimum Gasteiger partial charge on any atom is -0.309 e. The first-order valence-corrected chi connectivity index (χ1v) is 7.23. The van der Waals surface area contributed by atoms with Gasteiger partial charge >= 0.3 is 0 Å². The largest absolute Gasteiger partial charge is 0.309 e. The van der Waals surface area contributed by atoms with Crippen molar-refractivity contribution in [3.63, 3.8) is 0 Å². The molecule has 1 nitrogen and oxygen atoms in total. The first-order chi connectivity index (χ1) is 9.36. The second kappa shape index (κ2) is 5.58. The number of rotatable bonds is 5. The SMILES string of the molecule is CCc1ccc(CN[C@H]2C[C@@H]2c2ccccc2)cc1. The van der Waals surface area contributed by atoms with Crippen molar-refractivity contribution in [1.29, 1.82) is 0 Å². The lowest BCUT2D eigenvalue weighted by Crippen LogP contribution is -2.17. The molecule has 1 heteroatoms. The van der Waals surface area contributed by atoms with E-state index < -0.39 is 0 Å². The Kier molecular flexibility index (Phi) is 3.65. The quantitative estimate of drug-likeness (QED) is 0.850. The second-order valence-corrected chi connectivity index (χ2v) is 5.41. The molecule has 1 aliphatic rings. The molecule has 2 atom stereocenters. The molecule has 0 heterocycles. The molecule has 0 unspecified atom stereocenters. The summed E-state index contributed by atoms with van der Waals surface area (Å²) in [6, 6.07) is 20.4. The fourth-order valence-corrected chi connectivity index (χ4v) is 2.63. The van der Waals surface area contributed by atoms with Crippen molar-refractivity contribution in [2.75, 3.05) is 0 Å². The van der Waals surface area contributed by atoms with Gasteiger partial charge in [-0.05, 0) is 29.5 Å². The van der Waals surface area contributed by atoms with Gasteiger partial charge in [0.15, 0.2) is 0 Å². The van der Waals surface area contributed by atoms with E-state index in [1.165, 1.54) is 23.1 Å². The molecule has 2 aromatic rings. The molecule has 3 rings (SSSR count). The molecule has 0 bridgehead atoms. The highest BCUT2D eigenvalue weighted by Gasteiger charge is 2.37. The highest BCUT2D eigenvalue weighted by atomic mass is 15.0. The van der Waals surface area contributed by atoms with E-state index in [0.29, 0.717) is 6.04 Å². The number of benzene rings is 2. The number of hydrogen-bond acceptors (Lipinski definition) is 1. The molecule has 0 aromatic heterocycles. The van der Waals surface area contributed by atoms with E-state index in [4.69, 9.17) is 0 Å². The van der Waals surface area contributed by atoms with Gasteiger partial charge in [0.05, 0.1) is 0 Å². The lowest BCUT2D eigenvalue weighted by molar-refractivity contribution is 0.672. The van der Waals surface area contributed by atoms with E-state index in [0.717, 1.165) is 18.9 Å². The van der Waals surface area contributed by atoms with E-state index >= 15 is 0 Å². The third-order valence-corrected chi connectivity index (χ3v) is 4.02. The predicted octanol–water partition coefficient (Wildman–Crippen LogP) is 3.89. The monoisotopic (exact) mass is 251 g/mol. The van der Waals surface area contributed by atoms with Crippen molar-refractivity contribution in [3.05, 3.63) is 71.3 Å². The summed E-state index contributed by atoms with van der Waals surface area (Å²) in [6.45, 7) is 3.18. The summed E-state index contributed by atoms with van der Waals surface area (Å²) in [7, 11) is 0. The minimum atomic E-state index is 0.660. The van der Waals surface area contributed by atoms with Crippen LogP contribution in [0, 0.1) is 0 Å². The van der Waals surface area contributed by atoms with Gasteiger partial charge in [0.25, 0.3) is 0 Å². The van der Waals surface area contributed by atoms with Crippen molar-refractivity contribution in [3.8, 4) is 0 Å². The number of aryl methyl sites for hydroxylation is 1. The average Bonchev–Trinajstić information content (AvgIpc) is 3.26. The summed E-state index contributed by atoms with van der Waals surface area (Å²) >= 11 is 0. The molecular formula is C18H21N. The van der Waals surface area contributed by atoms with Gasteiger partial charge in [-0.3, -0.25) is 0 Å². The van der Waals surface area contributed by atoms with Crippen molar-refractivity contribution in [2.24, 2.45) is 0 Å². The maximum atomic E-state index is 3.66. The molecule has 1 N–H and O–H groups in total. The van der Waals surface area contributed by atoms with E-state index in [1.54, 1.807) is 0 Å². The van der Waals surface area contributed by atoms with Gasteiger partial charge in [-0.2, -0.15) is 0 Å². The molecule has 1 aliphatic carbocycles. The van der Waals surface area contributed by atoms with Gasteiger partial charge < -0.3 is 5.32 Å². The third kappa shape index (κ3) is 3.05. The van der Waals surface area contributed by atoms with E-state index in [9.17, 15) is 0 Å². The first kappa shape index (κ1) is 12.4. The molecular weight excluding hydrogens is 230 g/mol. The topological polar surface area (TPSA) is 12.0 Å². The standard InChI is InChI=1S/C18H21N/c1-2-14-8-10-15(11-9-14)13-19-18-12-17(18)16-6-4-3-5-7-16/h3-11,17-19H,2,12-13H2,1H3/t17-,18+/m1/s1. The molecule has 0 aliphatic heterocycles. The molecule has 19 heavy (non-hydrogen) atoms. The third-order valence-electron chi connectivity index (χ3n) is 4.02. The summed E-state index contributed by atoms with van der Waals surface area (Å²) in [5, 5.41) is 3.66. The van der Waals surface area contributed by atoms with Crippen molar-refractivity contribution in [2.45, 2.75) is 38.3 Å². The van der Waals surface area contributed by atoms with Gasteiger partial charge in [-0.1, -0.05) is 61.5 Å². The summed E-state index contributed by atoms with van der Waals surface area (Å²) < 4.78 is 0. The lowest BCUT2D eigenvalue weighted by atomic mass is 10.1. The van der Waals surface area contributed by atoms with E-state index in [1.807, 2.05) is 0 Å². The van der Waals surface area contributed by atoms with Gasteiger partial charge in [-0.15, -0.1) is 0 Å². The minimum absolute atomic E-state index is 0.660. The molecule has 0 radical (unpaired) electrons. The molecule has 0 amide bonds. The maximum absolute atomic E-state index is 3.66. The molecule has 1 saturated carbocycles. The van der Waals surface area contributed by atoms with Crippen molar-refractivity contribution in [1.82, 2.24) is 5.32 Å². The average molecular weight is 251 g/mol. The number of hydrogen-bond donors (Lipinski definition) is 1. The Morgan fingerprint density at radius 1 is 0.947 bits per heavy atom. The van der Waals surface area contributed by atoms with Gasteiger partial charge in [0.2, 0.25) is 0 Å². The summed E-state index contributed by atoms with van der Waals surface area (Å²) in [5.41, 5.74) is 4.27.